The molecule has 0 amide bonds. The van der Waals surface area contributed by atoms with E-state index in [2.05, 4.69) is 27.3 Å². The van der Waals surface area contributed by atoms with Gasteiger partial charge in [0.25, 0.3) is 0 Å². The number of pyridine rings is 1. The van der Waals surface area contributed by atoms with Crippen molar-refractivity contribution in [3.8, 4) is 0 Å². The minimum Gasteiger partial charge on any atom is -0.314 e. The largest absolute Gasteiger partial charge is 0.314 e. The van der Waals surface area contributed by atoms with E-state index in [-0.39, 0.29) is 0 Å². The number of hydrogen-bond acceptors (Lipinski definition) is 3. The van der Waals surface area contributed by atoms with Crippen molar-refractivity contribution in [3.05, 3.63) is 30.1 Å². The molecule has 0 atom stereocenters. The van der Waals surface area contributed by atoms with Crippen LogP contribution in [0.15, 0.2) is 24.5 Å². The molecule has 1 saturated carbocycles. The molecule has 1 aromatic heterocycles. The van der Waals surface area contributed by atoms with Gasteiger partial charge in [0.2, 0.25) is 0 Å². The van der Waals surface area contributed by atoms with Gasteiger partial charge in [-0.2, -0.15) is 0 Å². The number of nitrogens with one attached hydrogen (secondary N) is 1. The maximum absolute atomic E-state index is 4.10. The van der Waals surface area contributed by atoms with Crippen LogP contribution in [-0.4, -0.2) is 42.1 Å². The highest BCUT2D eigenvalue weighted by Crippen LogP contribution is 2.22. The molecule has 0 aromatic carbocycles. The molecule has 0 bridgehead atoms. The monoisotopic (exact) mass is 329 g/mol. The molecule has 3 rings (SSSR count). The van der Waals surface area contributed by atoms with Gasteiger partial charge in [0.05, 0.1) is 0 Å². The highest BCUT2D eigenvalue weighted by molar-refractivity contribution is 5.09. The zero-order chi connectivity index (χ0) is 16.5. The molecule has 2 aliphatic rings. The summed E-state index contributed by atoms with van der Waals surface area (Å²) in [6.45, 7) is 4.97. The molecule has 2 fully saturated rings. The van der Waals surface area contributed by atoms with Gasteiger partial charge in [0.15, 0.2) is 0 Å². The normalized spacial score (nSPS) is 22.2. The van der Waals surface area contributed by atoms with Gasteiger partial charge in [-0.25, -0.2) is 0 Å². The van der Waals surface area contributed by atoms with E-state index >= 15 is 0 Å². The molecule has 24 heavy (non-hydrogen) atoms. The van der Waals surface area contributed by atoms with Crippen LogP contribution >= 0.6 is 0 Å². The van der Waals surface area contributed by atoms with E-state index in [9.17, 15) is 0 Å². The lowest BCUT2D eigenvalue weighted by atomic mass is 9.90. The first kappa shape index (κ1) is 17.9. The molecular weight excluding hydrogens is 294 g/mol. The fourth-order valence-corrected chi connectivity index (χ4v) is 4.28. The van der Waals surface area contributed by atoms with Crippen LogP contribution < -0.4 is 5.32 Å². The summed E-state index contributed by atoms with van der Waals surface area (Å²) in [6, 6.07) is 5.04. The minimum atomic E-state index is 0.757. The van der Waals surface area contributed by atoms with Gasteiger partial charge in [-0.1, -0.05) is 32.1 Å². The van der Waals surface area contributed by atoms with E-state index in [1.807, 2.05) is 12.4 Å². The average molecular weight is 330 g/mol. The van der Waals surface area contributed by atoms with Gasteiger partial charge < -0.3 is 10.2 Å². The molecule has 1 aliphatic heterocycles. The summed E-state index contributed by atoms with van der Waals surface area (Å²) in [7, 11) is 0. The van der Waals surface area contributed by atoms with Crippen molar-refractivity contribution in [3.63, 3.8) is 0 Å². The van der Waals surface area contributed by atoms with Crippen LogP contribution in [0.1, 0.15) is 63.4 Å². The predicted octanol–water partition coefficient (Wildman–Crippen LogP) is 4.04. The molecule has 2 heterocycles. The van der Waals surface area contributed by atoms with Gasteiger partial charge in [0, 0.05) is 25.0 Å². The highest BCUT2D eigenvalue weighted by atomic mass is 15.1. The Hall–Kier alpha value is -0.930. The Labute approximate surface area is 148 Å². The Balaban J connectivity index is 1.30. The molecule has 1 N–H and O–H groups in total. The number of aromatic nitrogens is 1. The SMILES string of the molecule is c1cc(CCN2CCC(NCC3CCCCCCC3)CC2)ccn1. The van der Waals surface area contributed by atoms with Crippen molar-refractivity contribution < 1.29 is 0 Å². The third-order valence-electron chi connectivity index (χ3n) is 5.97. The van der Waals surface area contributed by atoms with Crippen molar-refractivity contribution >= 4 is 0 Å². The smallest absolute Gasteiger partial charge is 0.0270 e. The van der Waals surface area contributed by atoms with Crippen molar-refractivity contribution in [1.29, 1.82) is 0 Å². The maximum Gasteiger partial charge on any atom is 0.0270 e. The van der Waals surface area contributed by atoms with Crippen LogP contribution in [0.2, 0.25) is 0 Å². The summed E-state index contributed by atoms with van der Waals surface area (Å²) >= 11 is 0. The Morgan fingerprint density at radius 2 is 1.58 bits per heavy atom. The van der Waals surface area contributed by atoms with Gasteiger partial charge in [-0.3, -0.25) is 4.98 Å². The van der Waals surface area contributed by atoms with E-state index in [0.717, 1.165) is 18.4 Å². The molecule has 1 aromatic rings. The third kappa shape index (κ3) is 6.18. The number of hydrogen-bond donors (Lipinski definition) is 1. The molecule has 0 radical (unpaired) electrons. The lowest BCUT2D eigenvalue weighted by Crippen LogP contribution is -2.44. The quantitative estimate of drug-likeness (QED) is 0.854. The van der Waals surface area contributed by atoms with Crippen molar-refractivity contribution in [2.24, 2.45) is 5.92 Å². The van der Waals surface area contributed by atoms with Gasteiger partial charge in [-0.15, -0.1) is 0 Å². The van der Waals surface area contributed by atoms with Crippen molar-refractivity contribution in [2.75, 3.05) is 26.2 Å². The van der Waals surface area contributed by atoms with E-state index < -0.39 is 0 Å². The second kappa shape index (κ2) is 10.1. The lowest BCUT2D eigenvalue weighted by Gasteiger charge is -2.33. The van der Waals surface area contributed by atoms with Crippen LogP contribution in [0.3, 0.4) is 0 Å². The van der Waals surface area contributed by atoms with E-state index in [0.29, 0.717) is 0 Å². The maximum atomic E-state index is 4.10. The highest BCUT2D eigenvalue weighted by Gasteiger charge is 2.20. The minimum absolute atomic E-state index is 0.757. The van der Waals surface area contributed by atoms with Crippen LogP contribution in [0, 0.1) is 5.92 Å². The topological polar surface area (TPSA) is 28.2 Å². The summed E-state index contributed by atoms with van der Waals surface area (Å²) in [5.74, 6) is 0.940. The fourth-order valence-electron chi connectivity index (χ4n) is 4.28. The van der Waals surface area contributed by atoms with Crippen LogP contribution in [0.4, 0.5) is 0 Å². The standard InChI is InChI=1S/C21H35N3/c1-2-4-6-20(7-5-3-1)18-23-21-11-16-24(17-12-21)15-10-19-8-13-22-14-9-19/h8-9,13-14,20-21,23H,1-7,10-12,15-18H2. The van der Waals surface area contributed by atoms with E-state index in [1.54, 1.807) is 0 Å². The van der Waals surface area contributed by atoms with E-state index in [1.165, 1.54) is 89.5 Å². The molecule has 1 aliphatic carbocycles. The van der Waals surface area contributed by atoms with Crippen molar-refractivity contribution in [2.45, 2.75) is 70.3 Å². The predicted molar refractivity (Wildman–Crippen MR) is 101 cm³/mol. The fraction of sp³-hybridized carbons (Fsp3) is 0.762. The molecule has 0 unspecified atom stereocenters. The van der Waals surface area contributed by atoms with Gasteiger partial charge >= 0.3 is 0 Å². The van der Waals surface area contributed by atoms with Gasteiger partial charge in [-0.05, 0) is 75.4 Å². The summed E-state index contributed by atoms with van der Waals surface area (Å²) in [6.07, 6.45) is 17.8. The summed E-state index contributed by atoms with van der Waals surface area (Å²) in [5, 5.41) is 3.90. The average Bonchev–Trinajstić information content (AvgIpc) is 2.61. The first-order valence-electron chi connectivity index (χ1n) is 10.2. The second-order valence-electron chi connectivity index (χ2n) is 7.84. The molecule has 134 valence electrons. The Morgan fingerprint density at radius 3 is 2.29 bits per heavy atom. The Kier molecular flexibility index (Phi) is 7.56. The van der Waals surface area contributed by atoms with Crippen LogP contribution in [0.25, 0.3) is 0 Å². The summed E-state index contributed by atoms with van der Waals surface area (Å²) in [5.41, 5.74) is 1.41. The first-order valence-corrected chi connectivity index (χ1v) is 10.2. The number of nitrogens with zero attached hydrogens (tertiary/aromatic N) is 2. The Bertz CT molecular complexity index is 432. The Morgan fingerprint density at radius 1 is 0.917 bits per heavy atom. The third-order valence-corrected chi connectivity index (χ3v) is 5.97. The van der Waals surface area contributed by atoms with Gasteiger partial charge in [0.1, 0.15) is 0 Å². The number of rotatable bonds is 6. The zero-order valence-electron chi connectivity index (χ0n) is 15.3. The van der Waals surface area contributed by atoms with E-state index in [4.69, 9.17) is 0 Å². The first-order chi connectivity index (χ1) is 11.9. The number of piperidine rings is 1. The lowest BCUT2D eigenvalue weighted by molar-refractivity contribution is 0.194. The molecule has 0 spiro atoms. The summed E-state index contributed by atoms with van der Waals surface area (Å²) < 4.78 is 0. The molecule has 3 heteroatoms. The number of likely N-dealkylation sites (tertiary alicyclic amines) is 1. The van der Waals surface area contributed by atoms with Crippen molar-refractivity contribution in [1.82, 2.24) is 15.2 Å². The zero-order valence-corrected chi connectivity index (χ0v) is 15.3. The second-order valence-corrected chi connectivity index (χ2v) is 7.84. The van der Waals surface area contributed by atoms with Crippen LogP contribution in [0.5, 0.6) is 0 Å². The van der Waals surface area contributed by atoms with Crippen LogP contribution in [-0.2, 0) is 6.42 Å². The summed E-state index contributed by atoms with van der Waals surface area (Å²) in [4.78, 5) is 6.73. The molecule has 3 nitrogen and oxygen atoms in total. The molecule has 1 saturated heterocycles. The molecular formula is C21H35N3.